The summed E-state index contributed by atoms with van der Waals surface area (Å²) in [6, 6.07) is 6.19. The number of nitro groups is 1. The monoisotopic (exact) mass is 393 g/mol. The molecule has 0 saturated carbocycles. The minimum absolute atomic E-state index is 0.0261. The van der Waals surface area contributed by atoms with Crippen molar-refractivity contribution in [2.45, 2.75) is 63.7 Å². The first-order valence-electron chi connectivity index (χ1n) is 9.50. The van der Waals surface area contributed by atoms with Gasteiger partial charge in [0, 0.05) is 18.6 Å². The lowest BCUT2D eigenvalue weighted by atomic mass is 10.1. The summed E-state index contributed by atoms with van der Waals surface area (Å²) in [4.78, 5) is 34.9. The van der Waals surface area contributed by atoms with Gasteiger partial charge in [0.1, 0.15) is 5.37 Å². The molecule has 1 heterocycles. The van der Waals surface area contributed by atoms with E-state index in [1.807, 2.05) is 0 Å². The lowest BCUT2D eigenvalue weighted by Crippen LogP contribution is -2.44. The Bertz CT molecular complexity index is 668. The SMILES string of the molecule is CCCCCCCCCC(=O)NN1C(=O)CSC1c1cccc([N+](=O)[O-])c1. The fraction of sp³-hybridized carbons (Fsp3) is 0.579. The Balaban J connectivity index is 1.84. The summed E-state index contributed by atoms with van der Waals surface area (Å²) in [7, 11) is 0. The molecule has 148 valence electrons. The van der Waals surface area contributed by atoms with E-state index >= 15 is 0 Å². The molecule has 2 rings (SSSR count). The summed E-state index contributed by atoms with van der Waals surface area (Å²) >= 11 is 1.35. The van der Waals surface area contributed by atoms with Gasteiger partial charge in [-0.05, 0) is 12.0 Å². The van der Waals surface area contributed by atoms with Crippen molar-refractivity contribution in [2.24, 2.45) is 0 Å². The summed E-state index contributed by atoms with van der Waals surface area (Å²) in [6.45, 7) is 2.18. The van der Waals surface area contributed by atoms with Crippen molar-refractivity contribution in [2.75, 3.05) is 5.75 Å². The Labute approximate surface area is 164 Å². The summed E-state index contributed by atoms with van der Waals surface area (Å²) in [5.41, 5.74) is 3.30. The molecule has 0 spiro atoms. The molecule has 0 aromatic heterocycles. The molecule has 1 aromatic carbocycles. The molecule has 27 heavy (non-hydrogen) atoms. The van der Waals surface area contributed by atoms with Crippen molar-refractivity contribution in [1.82, 2.24) is 10.4 Å². The molecule has 7 nitrogen and oxygen atoms in total. The predicted octanol–water partition coefficient (Wildman–Crippen LogP) is 4.34. The number of hydrogen-bond acceptors (Lipinski definition) is 5. The number of amides is 2. The van der Waals surface area contributed by atoms with Gasteiger partial charge in [0.15, 0.2) is 0 Å². The molecular formula is C19H27N3O4S. The number of nitrogens with zero attached hydrogens (tertiary/aromatic N) is 2. The van der Waals surface area contributed by atoms with Gasteiger partial charge in [0.25, 0.3) is 11.6 Å². The molecule has 0 aliphatic carbocycles. The molecule has 1 atom stereocenters. The van der Waals surface area contributed by atoms with Crippen LogP contribution in [0, 0.1) is 10.1 Å². The second-order valence-electron chi connectivity index (χ2n) is 6.69. The average Bonchev–Trinajstić information content (AvgIpc) is 3.01. The van der Waals surface area contributed by atoms with Crippen LogP contribution in [0.1, 0.15) is 69.2 Å². The molecule has 1 unspecified atom stereocenters. The van der Waals surface area contributed by atoms with Crippen molar-refractivity contribution >= 4 is 29.3 Å². The maximum absolute atomic E-state index is 12.2. The van der Waals surface area contributed by atoms with Gasteiger partial charge < -0.3 is 0 Å². The minimum Gasteiger partial charge on any atom is -0.273 e. The van der Waals surface area contributed by atoms with Gasteiger partial charge in [0.05, 0.1) is 10.7 Å². The number of thioether (sulfide) groups is 1. The van der Waals surface area contributed by atoms with Gasteiger partial charge in [-0.25, -0.2) is 5.01 Å². The summed E-state index contributed by atoms with van der Waals surface area (Å²) in [5.74, 6) is -0.135. The van der Waals surface area contributed by atoms with E-state index in [4.69, 9.17) is 0 Å². The zero-order valence-electron chi connectivity index (χ0n) is 15.7. The van der Waals surface area contributed by atoms with Gasteiger partial charge in [0.2, 0.25) is 5.91 Å². The minimum atomic E-state index is -0.464. The largest absolute Gasteiger partial charge is 0.273 e. The van der Waals surface area contributed by atoms with Gasteiger partial charge in [-0.3, -0.25) is 25.1 Å². The molecule has 2 amide bonds. The van der Waals surface area contributed by atoms with Crippen molar-refractivity contribution in [3.05, 3.63) is 39.9 Å². The van der Waals surface area contributed by atoms with Gasteiger partial charge in [-0.2, -0.15) is 0 Å². The molecule has 1 N–H and O–H groups in total. The van der Waals surface area contributed by atoms with Crippen LogP contribution < -0.4 is 5.43 Å². The predicted molar refractivity (Wildman–Crippen MR) is 106 cm³/mol. The number of carbonyl (C=O) groups is 2. The summed E-state index contributed by atoms with van der Waals surface area (Å²) < 4.78 is 0. The lowest BCUT2D eigenvalue weighted by molar-refractivity contribution is -0.384. The standard InChI is InChI=1S/C19H27N3O4S/c1-2-3-4-5-6-7-8-12-17(23)20-21-18(24)14-27-19(21)15-10-9-11-16(13-15)22(25)26/h9-11,13,19H,2-8,12,14H2,1H3,(H,20,23). The molecule has 8 heteroatoms. The van der Waals surface area contributed by atoms with E-state index in [-0.39, 0.29) is 23.3 Å². The van der Waals surface area contributed by atoms with Crippen molar-refractivity contribution < 1.29 is 14.5 Å². The van der Waals surface area contributed by atoms with E-state index in [1.165, 1.54) is 54.6 Å². The first-order valence-corrected chi connectivity index (χ1v) is 10.5. The van der Waals surface area contributed by atoms with Gasteiger partial charge in [-0.1, -0.05) is 57.6 Å². The number of unbranched alkanes of at least 4 members (excludes halogenated alkanes) is 6. The third kappa shape index (κ3) is 6.53. The number of benzene rings is 1. The zero-order valence-corrected chi connectivity index (χ0v) is 16.5. The fourth-order valence-corrected chi connectivity index (χ4v) is 4.11. The number of hydrogen-bond donors (Lipinski definition) is 1. The normalized spacial score (nSPS) is 16.6. The molecule has 1 aliphatic rings. The number of nitro benzene ring substituents is 1. The lowest BCUT2D eigenvalue weighted by Gasteiger charge is -2.24. The van der Waals surface area contributed by atoms with Crippen molar-refractivity contribution in [1.29, 1.82) is 0 Å². The van der Waals surface area contributed by atoms with Crippen LogP contribution in [0.3, 0.4) is 0 Å². The van der Waals surface area contributed by atoms with E-state index in [1.54, 1.807) is 12.1 Å². The first-order chi connectivity index (χ1) is 13.0. The van der Waals surface area contributed by atoms with E-state index in [2.05, 4.69) is 12.3 Å². The number of hydrazine groups is 1. The van der Waals surface area contributed by atoms with Crippen LogP contribution in [0.4, 0.5) is 5.69 Å². The topological polar surface area (TPSA) is 92.6 Å². The Morgan fingerprint density at radius 3 is 2.67 bits per heavy atom. The molecule has 1 aliphatic heterocycles. The number of nitrogens with one attached hydrogen (secondary N) is 1. The Hall–Kier alpha value is -2.09. The molecule has 1 aromatic rings. The maximum atomic E-state index is 12.2. The van der Waals surface area contributed by atoms with Crippen LogP contribution in [0.15, 0.2) is 24.3 Å². The Kier molecular flexibility index (Phi) is 8.57. The van der Waals surface area contributed by atoms with Crippen LogP contribution in [0.2, 0.25) is 0 Å². The molecule has 1 fully saturated rings. The van der Waals surface area contributed by atoms with Crippen LogP contribution >= 0.6 is 11.8 Å². The highest BCUT2D eigenvalue weighted by molar-refractivity contribution is 8.00. The van der Waals surface area contributed by atoms with Gasteiger partial charge in [-0.15, -0.1) is 11.8 Å². The van der Waals surface area contributed by atoms with Crippen molar-refractivity contribution in [3.63, 3.8) is 0 Å². The molecule has 1 saturated heterocycles. The Morgan fingerprint density at radius 2 is 1.96 bits per heavy atom. The highest BCUT2D eigenvalue weighted by Gasteiger charge is 2.34. The number of carbonyl (C=O) groups excluding carboxylic acids is 2. The van der Waals surface area contributed by atoms with E-state index in [0.29, 0.717) is 12.0 Å². The molecule has 0 bridgehead atoms. The third-order valence-electron chi connectivity index (χ3n) is 4.49. The highest BCUT2D eigenvalue weighted by atomic mass is 32.2. The van der Waals surface area contributed by atoms with E-state index in [0.717, 1.165) is 19.3 Å². The zero-order chi connectivity index (χ0) is 19.6. The number of rotatable bonds is 11. The van der Waals surface area contributed by atoms with Crippen LogP contribution in [0.5, 0.6) is 0 Å². The smallest absolute Gasteiger partial charge is 0.269 e. The fourth-order valence-electron chi connectivity index (χ4n) is 3.02. The van der Waals surface area contributed by atoms with Crippen LogP contribution in [-0.2, 0) is 9.59 Å². The van der Waals surface area contributed by atoms with Crippen molar-refractivity contribution in [3.8, 4) is 0 Å². The van der Waals surface area contributed by atoms with Gasteiger partial charge >= 0.3 is 0 Å². The molecule has 0 radical (unpaired) electrons. The first kappa shape index (κ1) is 21.2. The quantitative estimate of drug-likeness (QED) is 0.343. The second-order valence-corrected chi connectivity index (χ2v) is 7.75. The highest BCUT2D eigenvalue weighted by Crippen LogP contribution is 2.38. The number of non-ortho nitro benzene ring substituents is 1. The van der Waals surface area contributed by atoms with Crippen LogP contribution in [0.25, 0.3) is 0 Å². The average molecular weight is 394 g/mol. The van der Waals surface area contributed by atoms with E-state index in [9.17, 15) is 19.7 Å². The summed E-state index contributed by atoms with van der Waals surface area (Å²) in [6.07, 6.45) is 8.23. The Morgan fingerprint density at radius 1 is 1.26 bits per heavy atom. The third-order valence-corrected chi connectivity index (χ3v) is 5.70. The van der Waals surface area contributed by atoms with E-state index < -0.39 is 10.3 Å². The molecular weight excluding hydrogens is 366 g/mol. The maximum Gasteiger partial charge on any atom is 0.269 e. The van der Waals surface area contributed by atoms with Crippen LogP contribution in [-0.4, -0.2) is 27.5 Å². The second kappa shape index (κ2) is 10.9. The summed E-state index contributed by atoms with van der Waals surface area (Å²) in [5, 5.41) is 11.8.